The van der Waals surface area contributed by atoms with Crippen LogP contribution in [0.15, 0.2) is 18.2 Å². The molecule has 2 saturated heterocycles. The van der Waals surface area contributed by atoms with Crippen molar-refractivity contribution in [1.82, 2.24) is 9.80 Å². The van der Waals surface area contributed by atoms with Crippen molar-refractivity contribution in [2.24, 2.45) is 0 Å². The minimum Gasteiger partial charge on any atom is -0.497 e. The first-order valence-corrected chi connectivity index (χ1v) is 9.25. The number of hydrogen-bond donors (Lipinski definition) is 1. The molecule has 140 valence electrons. The summed E-state index contributed by atoms with van der Waals surface area (Å²) in [7, 11) is 1.66. The van der Waals surface area contributed by atoms with E-state index in [9.17, 15) is 5.11 Å². The third kappa shape index (κ3) is 5.57. The molecular formula is C19H30N2O4. The van der Waals surface area contributed by atoms with Crippen LogP contribution in [0, 0.1) is 0 Å². The highest BCUT2D eigenvalue weighted by atomic mass is 16.5. The largest absolute Gasteiger partial charge is 0.497 e. The monoisotopic (exact) mass is 350 g/mol. The standard InChI is InChI=1S/C19H30N2O4/c1-23-18-5-4-16(13-21-8-10-24-11-9-21)19(12-18)25-15-17(22)14-20-6-2-3-7-20/h4-5,12,17,22H,2-3,6-11,13-15H2,1H3. The summed E-state index contributed by atoms with van der Waals surface area (Å²) in [5, 5.41) is 10.3. The number of aliphatic hydroxyl groups excluding tert-OH is 1. The van der Waals surface area contributed by atoms with Crippen LogP contribution in [0.5, 0.6) is 11.5 Å². The van der Waals surface area contributed by atoms with Gasteiger partial charge in [0.15, 0.2) is 0 Å². The van der Waals surface area contributed by atoms with E-state index in [4.69, 9.17) is 14.2 Å². The number of nitrogens with zero attached hydrogens (tertiary/aromatic N) is 2. The summed E-state index contributed by atoms with van der Waals surface area (Å²) < 4.78 is 16.7. The minimum absolute atomic E-state index is 0.305. The maximum atomic E-state index is 10.3. The Bertz CT molecular complexity index is 528. The SMILES string of the molecule is COc1ccc(CN2CCOCC2)c(OCC(O)CN2CCCC2)c1. The van der Waals surface area contributed by atoms with Crippen LogP contribution in [0.4, 0.5) is 0 Å². The first kappa shape index (κ1) is 18.5. The molecule has 2 aliphatic heterocycles. The molecule has 0 radical (unpaired) electrons. The molecule has 3 rings (SSSR count). The predicted octanol–water partition coefficient (Wildman–Crippen LogP) is 1.36. The second-order valence-corrected chi connectivity index (χ2v) is 6.83. The summed E-state index contributed by atoms with van der Waals surface area (Å²) in [6.07, 6.45) is 1.99. The number of ether oxygens (including phenoxy) is 3. The summed E-state index contributed by atoms with van der Waals surface area (Å²) >= 11 is 0. The van der Waals surface area contributed by atoms with Crippen LogP contribution in [0.1, 0.15) is 18.4 Å². The van der Waals surface area contributed by atoms with Gasteiger partial charge in [0.1, 0.15) is 24.2 Å². The quantitative estimate of drug-likeness (QED) is 0.764. The van der Waals surface area contributed by atoms with Crippen molar-refractivity contribution in [2.75, 3.05) is 59.7 Å². The zero-order chi connectivity index (χ0) is 17.5. The number of β-amino-alcohol motifs (C(OH)–C–C–N with tert-alkyl or cyclic N) is 1. The highest BCUT2D eigenvalue weighted by molar-refractivity contribution is 5.40. The van der Waals surface area contributed by atoms with E-state index < -0.39 is 6.10 Å². The van der Waals surface area contributed by atoms with Crippen molar-refractivity contribution in [3.63, 3.8) is 0 Å². The van der Waals surface area contributed by atoms with E-state index in [0.717, 1.165) is 63.0 Å². The topological polar surface area (TPSA) is 54.4 Å². The van der Waals surface area contributed by atoms with Gasteiger partial charge >= 0.3 is 0 Å². The van der Waals surface area contributed by atoms with Gasteiger partial charge in [-0.1, -0.05) is 6.07 Å². The van der Waals surface area contributed by atoms with Gasteiger partial charge in [0, 0.05) is 37.8 Å². The molecule has 6 heteroatoms. The maximum Gasteiger partial charge on any atom is 0.127 e. The maximum absolute atomic E-state index is 10.3. The van der Waals surface area contributed by atoms with E-state index >= 15 is 0 Å². The Kier molecular flexibility index (Phi) is 6.93. The molecule has 1 N–H and O–H groups in total. The summed E-state index contributed by atoms with van der Waals surface area (Å²) in [5.41, 5.74) is 1.12. The molecule has 2 heterocycles. The average Bonchev–Trinajstić information content (AvgIpc) is 3.14. The van der Waals surface area contributed by atoms with E-state index in [-0.39, 0.29) is 0 Å². The lowest BCUT2D eigenvalue weighted by molar-refractivity contribution is 0.0333. The summed E-state index contributed by atoms with van der Waals surface area (Å²) in [4.78, 5) is 4.66. The first-order chi connectivity index (χ1) is 12.2. The van der Waals surface area contributed by atoms with Crippen molar-refractivity contribution < 1.29 is 19.3 Å². The third-order valence-corrected chi connectivity index (χ3v) is 4.87. The predicted molar refractivity (Wildman–Crippen MR) is 96.3 cm³/mol. The first-order valence-electron chi connectivity index (χ1n) is 9.25. The Morgan fingerprint density at radius 3 is 2.60 bits per heavy atom. The number of likely N-dealkylation sites (tertiary alicyclic amines) is 1. The highest BCUT2D eigenvalue weighted by Crippen LogP contribution is 2.26. The lowest BCUT2D eigenvalue weighted by atomic mass is 10.1. The van der Waals surface area contributed by atoms with E-state index in [1.165, 1.54) is 12.8 Å². The number of aliphatic hydroxyl groups is 1. The summed E-state index contributed by atoms with van der Waals surface area (Å²) in [6, 6.07) is 5.93. The van der Waals surface area contributed by atoms with Crippen LogP contribution in [0.3, 0.4) is 0 Å². The van der Waals surface area contributed by atoms with Crippen LogP contribution < -0.4 is 9.47 Å². The molecule has 2 aliphatic rings. The molecule has 2 fully saturated rings. The molecule has 0 saturated carbocycles. The molecule has 1 atom stereocenters. The highest BCUT2D eigenvalue weighted by Gasteiger charge is 2.18. The molecule has 0 aliphatic carbocycles. The minimum atomic E-state index is -0.472. The van der Waals surface area contributed by atoms with Gasteiger partial charge in [-0.15, -0.1) is 0 Å². The Morgan fingerprint density at radius 1 is 1.12 bits per heavy atom. The third-order valence-electron chi connectivity index (χ3n) is 4.87. The number of rotatable bonds is 8. The van der Waals surface area contributed by atoms with E-state index in [0.29, 0.717) is 13.2 Å². The Hall–Kier alpha value is -1.34. The van der Waals surface area contributed by atoms with Gasteiger partial charge in [-0.3, -0.25) is 4.90 Å². The second-order valence-electron chi connectivity index (χ2n) is 6.83. The van der Waals surface area contributed by atoms with E-state index in [2.05, 4.69) is 15.9 Å². The van der Waals surface area contributed by atoms with Gasteiger partial charge in [-0.2, -0.15) is 0 Å². The van der Waals surface area contributed by atoms with Gasteiger partial charge < -0.3 is 24.2 Å². The molecule has 0 aromatic heterocycles. The Balaban J connectivity index is 1.58. The van der Waals surface area contributed by atoms with Crippen LogP contribution in [0.25, 0.3) is 0 Å². The van der Waals surface area contributed by atoms with Gasteiger partial charge in [0.2, 0.25) is 0 Å². The lowest BCUT2D eigenvalue weighted by Crippen LogP contribution is -2.36. The normalized spacial score (nSPS) is 20.6. The molecule has 6 nitrogen and oxygen atoms in total. The van der Waals surface area contributed by atoms with Gasteiger partial charge in [0.25, 0.3) is 0 Å². The van der Waals surface area contributed by atoms with Crippen molar-refractivity contribution in [2.45, 2.75) is 25.5 Å². The molecule has 0 bridgehead atoms. The molecule has 1 unspecified atom stereocenters. The molecular weight excluding hydrogens is 320 g/mol. The fraction of sp³-hybridized carbons (Fsp3) is 0.684. The summed E-state index contributed by atoms with van der Waals surface area (Å²) in [5.74, 6) is 1.57. The second kappa shape index (κ2) is 9.38. The number of hydrogen-bond acceptors (Lipinski definition) is 6. The number of morpholine rings is 1. The van der Waals surface area contributed by atoms with E-state index in [1.807, 2.05) is 12.1 Å². The number of methoxy groups -OCH3 is 1. The zero-order valence-electron chi connectivity index (χ0n) is 15.2. The molecule has 0 amide bonds. The van der Waals surface area contributed by atoms with Gasteiger partial charge in [-0.25, -0.2) is 0 Å². The number of benzene rings is 1. The van der Waals surface area contributed by atoms with Gasteiger partial charge in [0.05, 0.1) is 20.3 Å². The van der Waals surface area contributed by atoms with Crippen LogP contribution in [-0.2, 0) is 11.3 Å². The molecule has 25 heavy (non-hydrogen) atoms. The van der Waals surface area contributed by atoms with Crippen molar-refractivity contribution >= 4 is 0 Å². The van der Waals surface area contributed by atoms with Crippen LogP contribution in [0.2, 0.25) is 0 Å². The lowest BCUT2D eigenvalue weighted by Gasteiger charge is -2.27. The van der Waals surface area contributed by atoms with Crippen molar-refractivity contribution in [3.05, 3.63) is 23.8 Å². The average molecular weight is 350 g/mol. The fourth-order valence-electron chi connectivity index (χ4n) is 3.43. The zero-order valence-corrected chi connectivity index (χ0v) is 15.2. The van der Waals surface area contributed by atoms with Gasteiger partial charge in [-0.05, 0) is 32.0 Å². The van der Waals surface area contributed by atoms with Crippen LogP contribution >= 0.6 is 0 Å². The smallest absolute Gasteiger partial charge is 0.127 e. The van der Waals surface area contributed by atoms with Crippen molar-refractivity contribution in [1.29, 1.82) is 0 Å². The fourth-order valence-corrected chi connectivity index (χ4v) is 3.43. The van der Waals surface area contributed by atoms with Crippen molar-refractivity contribution in [3.8, 4) is 11.5 Å². The Labute approximate surface area is 150 Å². The molecule has 1 aromatic carbocycles. The Morgan fingerprint density at radius 2 is 1.88 bits per heavy atom. The van der Waals surface area contributed by atoms with Crippen LogP contribution in [-0.4, -0.2) is 80.7 Å². The molecule has 0 spiro atoms. The van der Waals surface area contributed by atoms with E-state index in [1.54, 1.807) is 7.11 Å². The molecule has 1 aromatic rings. The summed E-state index contributed by atoms with van der Waals surface area (Å²) in [6.45, 7) is 7.40.